The first kappa shape index (κ1) is 21.5. The van der Waals surface area contributed by atoms with Crippen molar-refractivity contribution in [1.82, 2.24) is 4.90 Å². The zero-order chi connectivity index (χ0) is 20.7. The number of rotatable bonds is 7. The molecule has 0 aliphatic carbocycles. The van der Waals surface area contributed by atoms with E-state index >= 15 is 0 Å². The molecule has 2 aromatic rings. The standard InChI is InChI=1S/C21H24N2O4S/c1-14-5-10-18(15(2)11-14)28-13-20(25)27-12-19(24)22-17-8-6-16(7-9-17)21(26)23(3)4/h5-11H,12-13H2,1-4H3,(H,22,24). The smallest absolute Gasteiger partial charge is 0.316 e. The maximum Gasteiger partial charge on any atom is 0.316 e. The van der Waals surface area contributed by atoms with E-state index in [0.29, 0.717) is 11.3 Å². The molecule has 0 unspecified atom stereocenters. The summed E-state index contributed by atoms with van der Waals surface area (Å²) in [7, 11) is 3.34. The Morgan fingerprint density at radius 2 is 1.71 bits per heavy atom. The highest BCUT2D eigenvalue weighted by atomic mass is 32.2. The maximum atomic E-state index is 11.9. The molecular formula is C21H24N2O4S. The molecule has 0 radical (unpaired) electrons. The molecule has 0 aliphatic heterocycles. The van der Waals surface area contributed by atoms with E-state index in [1.54, 1.807) is 38.4 Å². The Morgan fingerprint density at radius 3 is 2.32 bits per heavy atom. The number of nitrogens with one attached hydrogen (secondary N) is 1. The number of hydrogen-bond donors (Lipinski definition) is 1. The Kier molecular flexibility index (Phi) is 7.63. The molecule has 0 saturated heterocycles. The van der Waals surface area contributed by atoms with Gasteiger partial charge in [0.2, 0.25) is 0 Å². The number of nitrogens with zero attached hydrogens (tertiary/aromatic N) is 1. The molecule has 2 rings (SSSR count). The van der Waals surface area contributed by atoms with E-state index in [4.69, 9.17) is 4.74 Å². The molecule has 0 atom stereocenters. The average molecular weight is 401 g/mol. The van der Waals surface area contributed by atoms with E-state index in [1.165, 1.54) is 22.2 Å². The van der Waals surface area contributed by atoms with Gasteiger partial charge in [-0.25, -0.2) is 0 Å². The minimum absolute atomic E-state index is 0.117. The van der Waals surface area contributed by atoms with Crippen LogP contribution in [0.3, 0.4) is 0 Å². The van der Waals surface area contributed by atoms with E-state index in [9.17, 15) is 14.4 Å². The van der Waals surface area contributed by atoms with Gasteiger partial charge in [0.25, 0.3) is 11.8 Å². The van der Waals surface area contributed by atoms with Crippen molar-refractivity contribution in [3.63, 3.8) is 0 Å². The molecule has 2 aromatic carbocycles. The van der Waals surface area contributed by atoms with Crippen LogP contribution in [-0.4, -0.2) is 49.1 Å². The molecule has 0 saturated carbocycles. The van der Waals surface area contributed by atoms with Gasteiger partial charge < -0.3 is 15.0 Å². The Morgan fingerprint density at radius 1 is 1.04 bits per heavy atom. The number of benzene rings is 2. The first-order valence-corrected chi connectivity index (χ1v) is 9.72. The third-order valence-corrected chi connectivity index (χ3v) is 5.01. The van der Waals surface area contributed by atoms with Gasteiger partial charge in [-0.3, -0.25) is 14.4 Å². The van der Waals surface area contributed by atoms with Gasteiger partial charge in [0.15, 0.2) is 6.61 Å². The topological polar surface area (TPSA) is 75.7 Å². The van der Waals surface area contributed by atoms with E-state index in [0.717, 1.165) is 10.5 Å². The Bertz CT molecular complexity index is 863. The lowest BCUT2D eigenvalue weighted by molar-refractivity contribution is -0.144. The van der Waals surface area contributed by atoms with Crippen LogP contribution in [0, 0.1) is 13.8 Å². The van der Waals surface area contributed by atoms with Gasteiger partial charge in [-0.1, -0.05) is 17.7 Å². The average Bonchev–Trinajstić information content (AvgIpc) is 2.65. The zero-order valence-corrected chi connectivity index (χ0v) is 17.3. The zero-order valence-electron chi connectivity index (χ0n) is 16.4. The number of ether oxygens (including phenoxy) is 1. The van der Waals surface area contributed by atoms with Gasteiger partial charge in [-0.2, -0.15) is 0 Å². The molecule has 0 heterocycles. The fraction of sp³-hybridized carbons (Fsp3) is 0.286. The minimum Gasteiger partial charge on any atom is -0.455 e. The lowest BCUT2D eigenvalue weighted by Gasteiger charge is -2.11. The van der Waals surface area contributed by atoms with E-state index < -0.39 is 11.9 Å². The molecule has 1 N–H and O–H groups in total. The molecule has 2 amide bonds. The number of esters is 1. The van der Waals surface area contributed by atoms with Crippen molar-refractivity contribution in [1.29, 1.82) is 0 Å². The highest BCUT2D eigenvalue weighted by Crippen LogP contribution is 2.23. The van der Waals surface area contributed by atoms with Crippen molar-refractivity contribution < 1.29 is 19.1 Å². The molecule has 0 bridgehead atoms. The Balaban J connectivity index is 1.77. The first-order chi connectivity index (χ1) is 13.3. The number of amides is 2. The fourth-order valence-corrected chi connectivity index (χ4v) is 3.24. The van der Waals surface area contributed by atoms with Crippen LogP contribution in [0.4, 0.5) is 5.69 Å². The van der Waals surface area contributed by atoms with Gasteiger partial charge in [0, 0.05) is 30.2 Å². The van der Waals surface area contributed by atoms with Crippen LogP contribution in [0.25, 0.3) is 0 Å². The monoisotopic (exact) mass is 400 g/mol. The number of anilines is 1. The molecule has 0 fully saturated rings. The van der Waals surface area contributed by atoms with Crippen molar-refractivity contribution >= 4 is 35.2 Å². The number of hydrogen-bond acceptors (Lipinski definition) is 5. The van der Waals surface area contributed by atoms with Gasteiger partial charge in [0.05, 0.1) is 5.75 Å². The normalized spacial score (nSPS) is 10.3. The second kappa shape index (κ2) is 9.94. The van der Waals surface area contributed by atoms with E-state index in [2.05, 4.69) is 11.4 Å². The molecule has 148 valence electrons. The predicted octanol–water partition coefficient (Wildman–Crippen LogP) is 3.28. The van der Waals surface area contributed by atoms with Gasteiger partial charge >= 0.3 is 5.97 Å². The van der Waals surface area contributed by atoms with Crippen LogP contribution in [0.1, 0.15) is 21.5 Å². The summed E-state index contributed by atoms with van der Waals surface area (Å²) in [6.45, 7) is 3.65. The first-order valence-electron chi connectivity index (χ1n) is 8.73. The number of aryl methyl sites for hydroxylation is 2. The summed E-state index contributed by atoms with van der Waals surface area (Å²) in [4.78, 5) is 38.1. The lowest BCUT2D eigenvalue weighted by atomic mass is 10.2. The van der Waals surface area contributed by atoms with Gasteiger partial charge in [-0.15, -0.1) is 11.8 Å². The van der Waals surface area contributed by atoms with Crippen LogP contribution in [-0.2, 0) is 14.3 Å². The predicted molar refractivity (Wildman–Crippen MR) is 111 cm³/mol. The summed E-state index contributed by atoms with van der Waals surface area (Å²) in [5, 5.41) is 2.63. The van der Waals surface area contributed by atoms with Crippen molar-refractivity contribution in [2.24, 2.45) is 0 Å². The molecule has 28 heavy (non-hydrogen) atoms. The van der Waals surface area contributed by atoms with Crippen LogP contribution in [0.15, 0.2) is 47.4 Å². The summed E-state index contributed by atoms with van der Waals surface area (Å²) in [5.41, 5.74) is 3.32. The molecule has 0 aliphatic rings. The van der Waals surface area contributed by atoms with E-state index in [-0.39, 0.29) is 18.3 Å². The summed E-state index contributed by atoms with van der Waals surface area (Å²) in [6, 6.07) is 12.5. The molecule has 7 heteroatoms. The third-order valence-electron chi connectivity index (χ3n) is 3.86. The van der Waals surface area contributed by atoms with Crippen LogP contribution in [0.2, 0.25) is 0 Å². The summed E-state index contributed by atoms with van der Waals surface area (Å²) >= 11 is 1.38. The van der Waals surface area contributed by atoms with Crippen molar-refractivity contribution in [3.8, 4) is 0 Å². The van der Waals surface area contributed by atoms with Crippen molar-refractivity contribution in [2.75, 3.05) is 31.8 Å². The van der Waals surface area contributed by atoms with Crippen molar-refractivity contribution in [2.45, 2.75) is 18.7 Å². The summed E-state index contributed by atoms with van der Waals surface area (Å²) in [6.07, 6.45) is 0. The SMILES string of the molecule is Cc1ccc(SCC(=O)OCC(=O)Nc2ccc(C(=O)N(C)C)cc2)c(C)c1. The highest BCUT2D eigenvalue weighted by Gasteiger charge is 2.11. The second-order valence-corrected chi connectivity index (χ2v) is 7.56. The van der Waals surface area contributed by atoms with Crippen LogP contribution >= 0.6 is 11.8 Å². The highest BCUT2D eigenvalue weighted by molar-refractivity contribution is 8.00. The summed E-state index contributed by atoms with van der Waals surface area (Å²) in [5.74, 6) is -0.866. The van der Waals surface area contributed by atoms with Crippen LogP contribution < -0.4 is 5.32 Å². The van der Waals surface area contributed by atoms with Crippen molar-refractivity contribution in [3.05, 3.63) is 59.2 Å². The molecule has 0 aromatic heterocycles. The van der Waals surface area contributed by atoms with Crippen LogP contribution in [0.5, 0.6) is 0 Å². The quantitative estimate of drug-likeness (QED) is 0.570. The third kappa shape index (κ3) is 6.42. The molecule has 0 spiro atoms. The maximum absolute atomic E-state index is 11.9. The number of carbonyl (C=O) groups is 3. The number of carbonyl (C=O) groups excluding carboxylic acids is 3. The summed E-state index contributed by atoms with van der Waals surface area (Å²) < 4.78 is 5.02. The minimum atomic E-state index is -0.452. The van der Waals surface area contributed by atoms with Gasteiger partial charge in [0.1, 0.15) is 0 Å². The molecular weight excluding hydrogens is 376 g/mol. The Labute approximate surface area is 169 Å². The Hall–Kier alpha value is -2.80. The largest absolute Gasteiger partial charge is 0.455 e. The molecule has 6 nitrogen and oxygen atoms in total. The fourth-order valence-electron chi connectivity index (χ4n) is 2.44. The van der Waals surface area contributed by atoms with Gasteiger partial charge in [-0.05, 0) is 49.7 Å². The lowest BCUT2D eigenvalue weighted by Crippen LogP contribution is -2.22. The second-order valence-electron chi connectivity index (χ2n) is 6.54. The number of thioether (sulfide) groups is 1. The van der Waals surface area contributed by atoms with E-state index in [1.807, 2.05) is 26.0 Å².